The number of rotatable bonds is 6. The van der Waals surface area contributed by atoms with E-state index in [4.69, 9.17) is 9.47 Å². The highest BCUT2D eigenvalue weighted by molar-refractivity contribution is 6.08. The Balaban J connectivity index is 1.17. The first-order valence-corrected chi connectivity index (χ1v) is 10.0. The zero-order chi connectivity index (χ0) is 23.0. The molecule has 0 aromatic heterocycles. The third kappa shape index (κ3) is 4.27. The van der Waals surface area contributed by atoms with Gasteiger partial charge in [0.05, 0.1) is 36.2 Å². The molecule has 2 N–H and O–H groups in total. The fourth-order valence-corrected chi connectivity index (χ4v) is 4.36. The number of carbonyl (C=O) groups excluding carboxylic acids is 4. The number of nitrogens with zero attached hydrogens (tertiary/aromatic N) is 1. The Morgan fingerprint density at radius 2 is 1.66 bits per heavy atom. The van der Waals surface area contributed by atoms with Crippen LogP contribution in [-0.2, 0) is 30.0 Å². The maximum absolute atomic E-state index is 12.5. The number of fused-ring (bicyclic) bond motifs is 5. The Kier molecular flexibility index (Phi) is 5.80. The van der Waals surface area contributed by atoms with Crippen LogP contribution in [0.3, 0.4) is 0 Å². The monoisotopic (exact) mass is 455 g/mol. The van der Waals surface area contributed by atoms with E-state index in [2.05, 4.69) is 10.6 Å². The fraction of sp³-hybridized carbons (Fsp3) is 0.500. The number of hydrogen-bond donors (Lipinski definition) is 2. The lowest BCUT2D eigenvalue weighted by molar-refractivity contribution is -0.146. The van der Waals surface area contributed by atoms with Crippen LogP contribution in [0.25, 0.3) is 0 Å². The Morgan fingerprint density at radius 1 is 1.06 bits per heavy atom. The lowest BCUT2D eigenvalue weighted by Gasteiger charge is -2.17. The van der Waals surface area contributed by atoms with Gasteiger partial charge in [-0.15, -0.1) is 0 Å². The van der Waals surface area contributed by atoms with Crippen LogP contribution in [0, 0.1) is 11.8 Å². The number of anilines is 1. The summed E-state index contributed by atoms with van der Waals surface area (Å²) in [7, 11) is 0. The third-order valence-electron chi connectivity index (χ3n) is 5.79. The first kappa shape index (κ1) is 22.1. The Labute approximate surface area is 180 Å². The highest BCUT2D eigenvalue weighted by atomic mass is 19.4. The van der Waals surface area contributed by atoms with Gasteiger partial charge in [0.15, 0.2) is 0 Å². The third-order valence-corrected chi connectivity index (χ3v) is 5.79. The molecular formula is C20H20F3N3O6. The van der Waals surface area contributed by atoms with Crippen LogP contribution < -0.4 is 10.6 Å². The average Bonchev–Trinajstić information content (AvgIpc) is 3.41. The molecular weight excluding hydrogens is 435 g/mol. The summed E-state index contributed by atoms with van der Waals surface area (Å²) in [6, 6.07) is 3.82. The fourth-order valence-electron chi connectivity index (χ4n) is 4.36. The minimum atomic E-state index is -4.48. The van der Waals surface area contributed by atoms with Crippen molar-refractivity contribution in [1.29, 1.82) is 0 Å². The largest absolute Gasteiger partial charge is 0.447 e. The molecule has 4 amide bonds. The van der Waals surface area contributed by atoms with E-state index < -0.39 is 53.9 Å². The van der Waals surface area contributed by atoms with Crippen LogP contribution in [0.15, 0.2) is 24.3 Å². The van der Waals surface area contributed by atoms with Crippen molar-refractivity contribution < 1.29 is 41.8 Å². The Hall–Kier alpha value is -3.15. The molecule has 0 radical (unpaired) electrons. The summed E-state index contributed by atoms with van der Waals surface area (Å²) < 4.78 is 48.1. The van der Waals surface area contributed by atoms with Gasteiger partial charge in [0.2, 0.25) is 17.7 Å². The molecule has 4 rings (SSSR count). The topological polar surface area (TPSA) is 114 Å². The lowest BCUT2D eigenvalue weighted by atomic mass is 9.81. The lowest BCUT2D eigenvalue weighted by Crippen LogP contribution is -2.43. The molecule has 9 nitrogen and oxygen atoms in total. The molecule has 1 aromatic rings. The molecule has 12 heteroatoms. The number of benzene rings is 1. The van der Waals surface area contributed by atoms with Crippen LogP contribution >= 0.6 is 0 Å². The van der Waals surface area contributed by atoms with Gasteiger partial charge in [-0.2, -0.15) is 13.2 Å². The zero-order valence-electron chi connectivity index (χ0n) is 16.7. The van der Waals surface area contributed by atoms with Crippen molar-refractivity contribution in [1.82, 2.24) is 10.2 Å². The molecule has 4 atom stereocenters. The van der Waals surface area contributed by atoms with Gasteiger partial charge in [0.1, 0.15) is 13.2 Å². The van der Waals surface area contributed by atoms with Gasteiger partial charge in [-0.05, 0) is 37.1 Å². The summed E-state index contributed by atoms with van der Waals surface area (Å²) in [6.45, 7) is -0.706. The maximum atomic E-state index is 12.5. The summed E-state index contributed by atoms with van der Waals surface area (Å²) >= 11 is 0. The molecule has 4 unspecified atom stereocenters. The van der Waals surface area contributed by atoms with E-state index in [1.807, 2.05) is 0 Å². The number of alkyl halides is 3. The molecule has 3 fully saturated rings. The summed E-state index contributed by atoms with van der Waals surface area (Å²) in [5.41, 5.74) is -0.737. The number of carbonyl (C=O) groups is 4. The summed E-state index contributed by atoms with van der Waals surface area (Å²) in [5.74, 6) is -2.38. The van der Waals surface area contributed by atoms with Crippen molar-refractivity contribution >= 4 is 29.5 Å². The second-order valence-corrected chi connectivity index (χ2v) is 7.79. The quantitative estimate of drug-likeness (QED) is 0.497. The summed E-state index contributed by atoms with van der Waals surface area (Å²) in [4.78, 5) is 49.8. The molecule has 3 heterocycles. The molecule has 0 aliphatic carbocycles. The first-order valence-electron chi connectivity index (χ1n) is 10.0. The Bertz CT molecular complexity index is 908. The summed E-state index contributed by atoms with van der Waals surface area (Å²) in [5, 5.41) is 4.72. The van der Waals surface area contributed by atoms with Crippen molar-refractivity contribution in [3.8, 4) is 0 Å². The molecule has 172 valence electrons. The zero-order valence-corrected chi connectivity index (χ0v) is 16.7. The van der Waals surface area contributed by atoms with Gasteiger partial charge < -0.3 is 14.8 Å². The molecule has 3 aliphatic heterocycles. The second-order valence-electron chi connectivity index (χ2n) is 7.79. The summed E-state index contributed by atoms with van der Waals surface area (Å²) in [6.07, 6.45) is -4.44. The molecule has 3 saturated heterocycles. The SMILES string of the molecule is O=C(CN1C(=O)C2C3CCC(O3)C2C1=O)NCCOC(=O)Nc1ccc(C(F)(F)F)cc1. The van der Waals surface area contributed by atoms with E-state index in [1.54, 1.807) is 0 Å². The number of halogens is 3. The minimum Gasteiger partial charge on any atom is -0.447 e. The van der Waals surface area contributed by atoms with Crippen molar-refractivity contribution in [2.75, 3.05) is 25.0 Å². The number of amides is 4. The highest BCUT2D eigenvalue weighted by Crippen LogP contribution is 2.48. The van der Waals surface area contributed by atoms with Crippen LogP contribution in [0.5, 0.6) is 0 Å². The number of hydrogen-bond acceptors (Lipinski definition) is 6. The van der Waals surface area contributed by atoms with E-state index in [0.717, 1.165) is 42.0 Å². The van der Waals surface area contributed by atoms with Gasteiger partial charge in [-0.1, -0.05) is 0 Å². The molecule has 1 aromatic carbocycles. The van der Waals surface area contributed by atoms with Crippen LogP contribution in [0.4, 0.5) is 23.7 Å². The number of imide groups is 1. The van der Waals surface area contributed by atoms with Crippen molar-refractivity contribution in [3.05, 3.63) is 29.8 Å². The number of likely N-dealkylation sites (tertiary alicyclic amines) is 1. The van der Waals surface area contributed by atoms with Crippen LogP contribution in [0.1, 0.15) is 18.4 Å². The van der Waals surface area contributed by atoms with E-state index in [-0.39, 0.29) is 31.0 Å². The molecule has 0 saturated carbocycles. The number of ether oxygens (including phenoxy) is 2. The van der Waals surface area contributed by atoms with Crippen molar-refractivity contribution in [2.24, 2.45) is 11.8 Å². The standard InChI is InChI=1S/C20H20F3N3O6/c21-20(22,23)10-1-3-11(4-2-10)25-19(30)31-8-7-24-14(27)9-26-17(28)15-12-5-6-13(32-12)16(15)18(26)29/h1-4,12-13,15-16H,5-9H2,(H,24,27)(H,25,30). The van der Waals surface area contributed by atoms with E-state index in [1.165, 1.54) is 0 Å². The van der Waals surface area contributed by atoms with Gasteiger partial charge in [-0.3, -0.25) is 24.6 Å². The maximum Gasteiger partial charge on any atom is 0.416 e. The van der Waals surface area contributed by atoms with Gasteiger partial charge >= 0.3 is 12.3 Å². The van der Waals surface area contributed by atoms with Crippen molar-refractivity contribution in [2.45, 2.75) is 31.2 Å². The van der Waals surface area contributed by atoms with E-state index in [9.17, 15) is 32.3 Å². The normalized spacial score (nSPS) is 26.3. The number of nitrogens with one attached hydrogen (secondary N) is 2. The Morgan fingerprint density at radius 3 is 2.22 bits per heavy atom. The van der Waals surface area contributed by atoms with Gasteiger partial charge in [0.25, 0.3) is 0 Å². The minimum absolute atomic E-state index is 0.0727. The molecule has 3 aliphatic rings. The highest BCUT2D eigenvalue weighted by Gasteiger charge is 2.62. The smallest absolute Gasteiger partial charge is 0.416 e. The first-order chi connectivity index (χ1) is 15.1. The predicted molar refractivity (Wildman–Crippen MR) is 101 cm³/mol. The van der Waals surface area contributed by atoms with Gasteiger partial charge in [0, 0.05) is 5.69 Å². The second kappa shape index (κ2) is 8.41. The van der Waals surface area contributed by atoms with Crippen molar-refractivity contribution in [3.63, 3.8) is 0 Å². The molecule has 2 bridgehead atoms. The van der Waals surface area contributed by atoms with E-state index >= 15 is 0 Å². The molecule has 0 spiro atoms. The average molecular weight is 455 g/mol. The molecule has 32 heavy (non-hydrogen) atoms. The van der Waals surface area contributed by atoms with Crippen LogP contribution in [-0.4, -0.2) is 60.6 Å². The van der Waals surface area contributed by atoms with E-state index in [0.29, 0.717) is 0 Å². The predicted octanol–water partition coefficient (Wildman–Crippen LogP) is 1.53. The van der Waals surface area contributed by atoms with Crippen LogP contribution in [0.2, 0.25) is 0 Å². The van der Waals surface area contributed by atoms with Gasteiger partial charge in [-0.25, -0.2) is 4.79 Å².